The fourth-order valence-corrected chi connectivity index (χ4v) is 7.76. The van der Waals surface area contributed by atoms with Crippen molar-refractivity contribution in [3.8, 4) is 0 Å². The molecule has 262 valence electrons. The molecule has 0 amide bonds. The van der Waals surface area contributed by atoms with E-state index in [2.05, 4.69) is 19.6 Å². The van der Waals surface area contributed by atoms with E-state index in [1.54, 1.807) is 6.92 Å². The maximum Gasteiger partial charge on any atom is 0.302 e. The molecule has 2 N–H and O–H groups in total. The van der Waals surface area contributed by atoms with E-state index >= 15 is 0 Å². The molecule has 3 rings (SSSR count). The number of aliphatic hydroxyl groups excluding tert-OH is 1. The van der Waals surface area contributed by atoms with E-state index in [1.807, 2.05) is 115 Å². The number of carbonyl (C=O) groups excluding carboxylic acids is 2. The van der Waals surface area contributed by atoms with Gasteiger partial charge in [0.1, 0.15) is 11.7 Å². The van der Waals surface area contributed by atoms with Crippen LogP contribution in [-0.2, 0) is 19.1 Å². The molecule has 0 bridgehead atoms. The number of esters is 1. The van der Waals surface area contributed by atoms with E-state index < -0.39 is 16.8 Å². The number of Topliss-reactive ketones (excluding diaryl/α,β-unsaturated/α-hetero) is 1. The predicted octanol–water partition coefficient (Wildman–Crippen LogP) is 8.69. The third-order valence-electron chi connectivity index (χ3n) is 10.1. The van der Waals surface area contributed by atoms with Crippen molar-refractivity contribution in [2.45, 2.75) is 137 Å². The van der Waals surface area contributed by atoms with Gasteiger partial charge in [0, 0.05) is 31.8 Å². The Labute approximate surface area is 289 Å². The molecule has 1 heterocycles. The van der Waals surface area contributed by atoms with Crippen LogP contribution in [0.5, 0.6) is 0 Å². The molecule has 2 aliphatic carbocycles. The second-order valence-corrected chi connectivity index (χ2v) is 15.9. The number of hydrogen-bond acceptors (Lipinski definition) is 6. The fraction of sp³-hybridized carbons (Fsp3) is 0.548. The van der Waals surface area contributed by atoms with Gasteiger partial charge in [-0.25, -0.2) is 0 Å². The summed E-state index contributed by atoms with van der Waals surface area (Å²) in [7, 11) is 0. The summed E-state index contributed by atoms with van der Waals surface area (Å²) >= 11 is 0. The maximum absolute atomic E-state index is 13.1. The number of carbonyl (C=O) groups is 2. The van der Waals surface area contributed by atoms with E-state index in [0.29, 0.717) is 37.7 Å². The molecule has 1 saturated heterocycles. The van der Waals surface area contributed by atoms with Crippen molar-refractivity contribution in [2.75, 3.05) is 0 Å². The molecular formula is C42H58O6. The Kier molecular flexibility index (Phi) is 12.3. The van der Waals surface area contributed by atoms with Gasteiger partial charge in [0.05, 0.1) is 17.3 Å². The number of rotatable bonds is 11. The van der Waals surface area contributed by atoms with Gasteiger partial charge < -0.3 is 19.7 Å². The Bertz CT molecular complexity index is 1510. The van der Waals surface area contributed by atoms with E-state index in [9.17, 15) is 19.8 Å². The average molecular weight is 659 g/mol. The molecule has 0 spiro atoms. The molecule has 0 aromatic carbocycles. The van der Waals surface area contributed by atoms with Crippen molar-refractivity contribution in [1.29, 1.82) is 0 Å². The Morgan fingerprint density at radius 2 is 1.38 bits per heavy atom. The molecule has 6 nitrogen and oxygen atoms in total. The topological polar surface area (TPSA) is 96.4 Å². The standard InChI is InChI=1S/C42H58O6/c1-29(18-14-19-31(3)22-23-37-38(6,7)26-35(47-33(5)43)27-40(37,10)46)16-12-13-17-30(2)20-15-21-32(4)36(45)28-42-39(8,9)24-34(44)25-41(42,11)48-42/h12-22,34-35,44,46H,24-28H2,1-11H3/b13-12+,18-14+,20-15+,29-16+,30-17+,31-19+,32-21+/t23?,34?,35?,40-,41?,42?/m1/s1. The summed E-state index contributed by atoms with van der Waals surface area (Å²) in [5.74, 6) is -0.244. The lowest BCUT2D eigenvalue weighted by atomic mass is 9.61. The Morgan fingerprint density at radius 1 is 0.812 bits per heavy atom. The normalized spacial score (nSPS) is 32.4. The zero-order valence-corrected chi connectivity index (χ0v) is 31.1. The molecule has 4 unspecified atom stereocenters. The van der Waals surface area contributed by atoms with Gasteiger partial charge in [0.25, 0.3) is 0 Å². The highest BCUT2D eigenvalue weighted by Gasteiger charge is 2.76. The quantitative estimate of drug-likeness (QED) is 0.0758. The predicted molar refractivity (Wildman–Crippen MR) is 194 cm³/mol. The minimum atomic E-state index is -1.11. The summed E-state index contributed by atoms with van der Waals surface area (Å²) in [6, 6.07) is 0. The van der Waals surface area contributed by atoms with Gasteiger partial charge in [-0.3, -0.25) is 9.59 Å². The first kappa shape index (κ1) is 39.2. The summed E-state index contributed by atoms with van der Waals surface area (Å²) in [6.45, 7) is 21.4. The first-order valence-electron chi connectivity index (χ1n) is 17.1. The van der Waals surface area contributed by atoms with E-state index in [-0.39, 0.29) is 34.8 Å². The average Bonchev–Trinajstić information content (AvgIpc) is 3.53. The number of ketones is 1. The Hall–Kier alpha value is -3.28. The van der Waals surface area contributed by atoms with Gasteiger partial charge >= 0.3 is 5.97 Å². The Balaban J connectivity index is 1.54. The SMILES string of the molecule is CC(=O)OC1CC(C)(C)C(=C=C/C(C)=C/C=C/C(C)=C/C=C/C=C(C)/C=C/C=C(\C)C(=O)CC23OC2(C)CC(O)CC3(C)C)[C@](C)(O)C1. The number of allylic oxidation sites excluding steroid dienone is 14. The van der Waals surface area contributed by atoms with Gasteiger partial charge in [-0.2, -0.15) is 0 Å². The van der Waals surface area contributed by atoms with Crippen LogP contribution in [0.4, 0.5) is 0 Å². The van der Waals surface area contributed by atoms with E-state index in [0.717, 1.165) is 22.3 Å². The van der Waals surface area contributed by atoms with Gasteiger partial charge in [0.15, 0.2) is 5.78 Å². The third-order valence-corrected chi connectivity index (χ3v) is 10.1. The van der Waals surface area contributed by atoms with Crippen LogP contribution in [0.25, 0.3) is 0 Å². The first-order valence-corrected chi connectivity index (χ1v) is 17.1. The summed E-state index contributed by atoms with van der Waals surface area (Å²) < 4.78 is 11.6. The minimum Gasteiger partial charge on any atom is -0.462 e. The second kappa shape index (κ2) is 15.1. The molecular weight excluding hydrogens is 600 g/mol. The largest absolute Gasteiger partial charge is 0.462 e. The minimum absolute atomic E-state index is 0.0816. The zero-order valence-electron chi connectivity index (χ0n) is 31.1. The van der Waals surface area contributed by atoms with E-state index in [1.165, 1.54) is 6.92 Å². The second-order valence-electron chi connectivity index (χ2n) is 15.9. The molecule has 0 aromatic rings. The fourth-order valence-electron chi connectivity index (χ4n) is 7.76. The molecule has 0 radical (unpaired) electrons. The van der Waals surface area contributed by atoms with Crippen LogP contribution in [0.15, 0.2) is 100 Å². The maximum atomic E-state index is 13.1. The molecule has 48 heavy (non-hydrogen) atoms. The van der Waals surface area contributed by atoms with Crippen molar-refractivity contribution in [3.63, 3.8) is 0 Å². The van der Waals surface area contributed by atoms with Gasteiger partial charge in [-0.1, -0.05) is 99.6 Å². The smallest absolute Gasteiger partial charge is 0.302 e. The highest BCUT2D eigenvalue weighted by Crippen LogP contribution is 2.67. The van der Waals surface area contributed by atoms with Crippen molar-refractivity contribution in [3.05, 3.63) is 100 Å². The van der Waals surface area contributed by atoms with Crippen LogP contribution in [-0.4, -0.2) is 51.0 Å². The van der Waals surface area contributed by atoms with Gasteiger partial charge in [0.2, 0.25) is 0 Å². The van der Waals surface area contributed by atoms with Crippen molar-refractivity contribution in [1.82, 2.24) is 0 Å². The van der Waals surface area contributed by atoms with Gasteiger partial charge in [-0.05, 0) is 82.4 Å². The van der Waals surface area contributed by atoms with E-state index in [4.69, 9.17) is 9.47 Å². The third kappa shape index (κ3) is 9.66. The lowest BCUT2D eigenvalue weighted by Crippen LogP contribution is -2.48. The first-order chi connectivity index (χ1) is 22.1. The van der Waals surface area contributed by atoms with Crippen LogP contribution in [0, 0.1) is 10.8 Å². The summed E-state index contributed by atoms with van der Waals surface area (Å²) in [5.41, 5.74) is 5.35. The Morgan fingerprint density at radius 3 is 1.92 bits per heavy atom. The number of epoxide rings is 1. The van der Waals surface area contributed by atoms with Crippen LogP contribution in [0.2, 0.25) is 0 Å². The van der Waals surface area contributed by atoms with Crippen LogP contribution >= 0.6 is 0 Å². The van der Waals surface area contributed by atoms with Crippen LogP contribution in [0.3, 0.4) is 0 Å². The van der Waals surface area contributed by atoms with Gasteiger partial charge in [-0.15, -0.1) is 5.73 Å². The van der Waals surface area contributed by atoms with Crippen LogP contribution < -0.4 is 0 Å². The number of ether oxygens (including phenoxy) is 2. The van der Waals surface area contributed by atoms with Crippen molar-refractivity contribution < 1.29 is 29.3 Å². The molecule has 1 aliphatic heterocycles. The zero-order chi connectivity index (χ0) is 36.1. The number of hydrogen-bond donors (Lipinski definition) is 2. The molecule has 3 fully saturated rings. The van der Waals surface area contributed by atoms with Crippen molar-refractivity contribution >= 4 is 11.8 Å². The van der Waals surface area contributed by atoms with Crippen molar-refractivity contribution in [2.24, 2.45) is 10.8 Å². The summed E-state index contributed by atoms with van der Waals surface area (Å²) in [4.78, 5) is 24.5. The molecule has 6 heteroatoms. The lowest BCUT2D eigenvalue weighted by Gasteiger charge is -2.44. The molecule has 5 atom stereocenters. The number of aliphatic hydroxyl groups is 2. The highest BCUT2D eigenvalue weighted by atomic mass is 16.6. The number of fused-ring (bicyclic) bond motifs is 1. The highest BCUT2D eigenvalue weighted by molar-refractivity contribution is 5.96. The molecule has 3 aliphatic rings. The van der Waals surface area contributed by atoms with Crippen LogP contribution in [0.1, 0.15) is 108 Å². The molecule has 0 aromatic heterocycles. The lowest BCUT2D eigenvalue weighted by molar-refractivity contribution is -0.152. The molecule has 2 saturated carbocycles. The monoisotopic (exact) mass is 658 g/mol. The summed E-state index contributed by atoms with van der Waals surface area (Å²) in [5, 5.41) is 21.4. The summed E-state index contributed by atoms with van der Waals surface area (Å²) in [6.07, 6.45) is 23.6.